The van der Waals surface area contributed by atoms with Crippen molar-refractivity contribution >= 4 is 10.0 Å². The van der Waals surface area contributed by atoms with Crippen LogP contribution in [0.15, 0.2) is 29.2 Å². The Labute approximate surface area is 127 Å². The van der Waals surface area contributed by atoms with Crippen molar-refractivity contribution in [1.82, 2.24) is 10.0 Å². The van der Waals surface area contributed by atoms with E-state index in [1.54, 1.807) is 12.1 Å². The quantitative estimate of drug-likeness (QED) is 0.774. The third-order valence-electron chi connectivity index (χ3n) is 4.36. The molecule has 2 saturated carbocycles. The van der Waals surface area contributed by atoms with Crippen LogP contribution in [0, 0.1) is 11.8 Å². The van der Waals surface area contributed by atoms with Crippen LogP contribution in [-0.4, -0.2) is 21.0 Å². The fourth-order valence-corrected chi connectivity index (χ4v) is 4.16. The van der Waals surface area contributed by atoms with Crippen LogP contribution >= 0.6 is 0 Å². The fraction of sp³-hybridized carbons (Fsp3) is 0.625. The first-order valence-electron chi connectivity index (χ1n) is 7.92. The Morgan fingerprint density at radius 2 is 1.67 bits per heavy atom. The van der Waals surface area contributed by atoms with E-state index in [2.05, 4.69) is 17.0 Å². The van der Waals surface area contributed by atoms with Gasteiger partial charge in [-0.3, -0.25) is 0 Å². The Hall–Kier alpha value is -0.910. The molecule has 21 heavy (non-hydrogen) atoms. The predicted molar refractivity (Wildman–Crippen MR) is 83.4 cm³/mol. The third kappa shape index (κ3) is 3.84. The maximum absolute atomic E-state index is 12.5. The maximum atomic E-state index is 12.5. The van der Waals surface area contributed by atoms with Gasteiger partial charge in [-0.2, -0.15) is 0 Å². The van der Waals surface area contributed by atoms with Crippen LogP contribution in [-0.2, 0) is 16.6 Å². The van der Waals surface area contributed by atoms with E-state index in [1.165, 1.54) is 25.7 Å². The molecule has 4 nitrogen and oxygen atoms in total. The van der Waals surface area contributed by atoms with Crippen LogP contribution in [0.25, 0.3) is 0 Å². The van der Waals surface area contributed by atoms with E-state index in [0.717, 1.165) is 18.7 Å². The predicted octanol–water partition coefficient (Wildman–Crippen LogP) is 2.26. The van der Waals surface area contributed by atoms with Crippen LogP contribution < -0.4 is 10.0 Å². The van der Waals surface area contributed by atoms with E-state index in [1.807, 2.05) is 12.1 Å². The molecule has 1 aromatic carbocycles. The van der Waals surface area contributed by atoms with Crippen LogP contribution in [0.1, 0.15) is 38.2 Å². The molecule has 0 saturated heterocycles. The summed E-state index contributed by atoms with van der Waals surface area (Å²) in [6.45, 7) is 3.74. The molecule has 2 aliphatic carbocycles. The number of hydrogen-bond acceptors (Lipinski definition) is 3. The van der Waals surface area contributed by atoms with E-state index in [4.69, 9.17) is 0 Å². The zero-order valence-electron chi connectivity index (χ0n) is 12.5. The highest BCUT2D eigenvalue weighted by Gasteiger charge is 2.43. The summed E-state index contributed by atoms with van der Waals surface area (Å²) in [4.78, 5) is 0.383. The van der Waals surface area contributed by atoms with E-state index in [9.17, 15) is 8.42 Å². The van der Waals surface area contributed by atoms with Gasteiger partial charge in [-0.15, -0.1) is 0 Å². The normalized spacial score (nSPS) is 19.1. The van der Waals surface area contributed by atoms with Gasteiger partial charge in [0.05, 0.1) is 4.90 Å². The van der Waals surface area contributed by atoms with Crippen molar-refractivity contribution in [2.45, 2.75) is 50.1 Å². The van der Waals surface area contributed by atoms with Crippen molar-refractivity contribution in [2.24, 2.45) is 11.8 Å². The van der Waals surface area contributed by atoms with Crippen molar-refractivity contribution in [3.05, 3.63) is 29.8 Å². The number of nitrogens with one attached hydrogen (secondary N) is 2. The molecule has 0 aromatic heterocycles. The smallest absolute Gasteiger partial charge is 0.240 e. The number of sulfonamides is 1. The van der Waals surface area contributed by atoms with Crippen molar-refractivity contribution in [2.75, 3.05) is 6.54 Å². The summed E-state index contributed by atoms with van der Waals surface area (Å²) in [6.07, 6.45) is 4.69. The molecule has 0 heterocycles. The average molecular weight is 308 g/mol. The summed E-state index contributed by atoms with van der Waals surface area (Å²) in [5.74, 6) is 1.14. The molecular formula is C16H24N2O2S. The first-order chi connectivity index (χ1) is 10.1. The van der Waals surface area contributed by atoms with Gasteiger partial charge in [-0.05, 0) is 61.8 Å². The summed E-state index contributed by atoms with van der Waals surface area (Å²) in [7, 11) is -3.38. The molecule has 2 N–H and O–H groups in total. The summed E-state index contributed by atoms with van der Waals surface area (Å²) < 4.78 is 28.0. The second-order valence-electron chi connectivity index (χ2n) is 6.25. The number of benzene rings is 1. The lowest BCUT2D eigenvalue weighted by molar-refractivity contribution is 0.471. The topological polar surface area (TPSA) is 58.2 Å². The zero-order valence-corrected chi connectivity index (χ0v) is 13.3. The Morgan fingerprint density at radius 3 is 2.14 bits per heavy atom. The molecule has 0 unspecified atom stereocenters. The molecule has 0 atom stereocenters. The molecular weight excluding hydrogens is 284 g/mol. The molecule has 0 spiro atoms. The van der Waals surface area contributed by atoms with Crippen molar-refractivity contribution in [3.63, 3.8) is 0 Å². The van der Waals surface area contributed by atoms with E-state index < -0.39 is 10.0 Å². The second-order valence-corrected chi connectivity index (χ2v) is 7.96. The summed E-state index contributed by atoms with van der Waals surface area (Å²) in [5, 5.41) is 3.24. The highest BCUT2D eigenvalue weighted by molar-refractivity contribution is 7.89. The minimum absolute atomic E-state index is 0.163. The van der Waals surface area contributed by atoms with Gasteiger partial charge >= 0.3 is 0 Å². The van der Waals surface area contributed by atoms with Crippen LogP contribution in [0.2, 0.25) is 0 Å². The van der Waals surface area contributed by atoms with Crippen LogP contribution in [0.3, 0.4) is 0 Å². The van der Waals surface area contributed by atoms with Crippen molar-refractivity contribution in [3.8, 4) is 0 Å². The SMILES string of the molecule is CCNCc1ccc(S(=O)(=O)NC(C2CC2)C2CC2)cc1. The Bertz CT molecular complexity index is 563. The minimum Gasteiger partial charge on any atom is -0.313 e. The van der Waals surface area contributed by atoms with Crippen molar-refractivity contribution in [1.29, 1.82) is 0 Å². The first kappa shape index (κ1) is 15.0. The Balaban J connectivity index is 1.68. The summed E-state index contributed by atoms with van der Waals surface area (Å²) >= 11 is 0. The Morgan fingerprint density at radius 1 is 1.10 bits per heavy atom. The van der Waals surface area contributed by atoms with E-state index in [-0.39, 0.29) is 6.04 Å². The highest BCUT2D eigenvalue weighted by atomic mass is 32.2. The van der Waals surface area contributed by atoms with Gasteiger partial charge in [0.1, 0.15) is 0 Å². The van der Waals surface area contributed by atoms with Gasteiger partial charge in [0, 0.05) is 12.6 Å². The average Bonchev–Trinajstić information content (AvgIpc) is 3.36. The van der Waals surface area contributed by atoms with E-state index >= 15 is 0 Å². The van der Waals surface area contributed by atoms with Gasteiger partial charge in [0.2, 0.25) is 10.0 Å². The molecule has 3 rings (SSSR count). The van der Waals surface area contributed by atoms with Crippen LogP contribution in [0.5, 0.6) is 0 Å². The molecule has 0 amide bonds. The lowest BCUT2D eigenvalue weighted by atomic mass is 10.1. The second kappa shape index (κ2) is 6.07. The molecule has 1 aromatic rings. The largest absolute Gasteiger partial charge is 0.313 e. The van der Waals surface area contributed by atoms with Gasteiger partial charge in [0.15, 0.2) is 0 Å². The van der Waals surface area contributed by atoms with Gasteiger partial charge < -0.3 is 5.32 Å². The van der Waals surface area contributed by atoms with Crippen molar-refractivity contribution < 1.29 is 8.42 Å². The zero-order chi connectivity index (χ0) is 14.9. The highest BCUT2D eigenvalue weighted by Crippen LogP contribution is 2.45. The summed E-state index contributed by atoms with van der Waals surface area (Å²) in [6, 6.07) is 7.37. The van der Waals surface area contributed by atoms with Gasteiger partial charge in [0.25, 0.3) is 0 Å². The molecule has 116 valence electrons. The Kier molecular flexibility index (Phi) is 4.33. The molecule has 0 bridgehead atoms. The maximum Gasteiger partial charge on any atom is 0.240 e. The summed E-state index contributed by atoms with van der Waals surface area (Å²) in [5.41, 5.74) is 1.11. The minimum atomic E-state index is -3.38. The van der Waals surface area contributed by atoms with Crippen LogP contribution in [0.4, 0.5) is 0 Å². The van der Waals surface area contributed by atoms with E-state index in [0.29, 0.717) is 16.7 Å². The van der Waals surface area contributed by atoms with Gasteiger partial charge in [-0.25, -0.2) is 13.1 Å². The molecule has 5 heteroatoms. The third-order valence-corrected chi connectivity index (χ3v) is 5.84. The number of hydrogen-bond donors (Lipinski definition) is 2. The molecule has 2 fully saturated rings. The van der Waals surface area contributed by atoms with Gasteiger partial charge in [-0.1, -0.05) is 19.1 Å². The molecule has 0 aliphatic heterocycles. The fourth-order valence-electron chi connectivity index (χ4n) is 2.79. The lowest BCUT2D eigenvalue weighted by Crippen LogP contribution is -2.38. The first-order valence-corrected chi connectivity index (χ1v) is 9.40. The monoisotopic (exact) mass is 308 g/mol. The standard InChI is InChI=1S/C16H24N2O2S/c1-2-17-11-12-3-9-15(10-4-12)21(19,20)18-16(13-5-6-13)14-7-8-14/h3-4,9-10,13-14,16-18H,2,5-8,11H2,1H3. The lowest BCUT2D eigenvalue weighted by Gasteiger charge is -2.17. The molecule has 0 radical (unpaired) electrons. The molecule has 2 aliphatic rings. The number of rotatable bonds is 8.